The van der Waals surface area contributed by atoms with E-state index < -0.39 is 59.6 Å². The summed E-state index contributed by atoms with van der Waals surface area (Å²) in [5, 5.41) is 3.89. The maximum absolute atomic E-state index is 14.0. The summed E-state index contributed by atoms with van der Waals surface area (Å²) in [6, 6.07) is 3.28. The van der Waals surface area contributed by atoms with Crippen LogP contribution in [-0.2, 0) is 24.1 Å². The van der Waals surface area contributed by atoms with Gasteiger partial charge >= 0.3 is 12.2 Å². The van der Waals surface area contributed by atoms with Gasteiger partial charge in [-0.15, -0.1) is 0 Å². The molecule has 2 fully saturated rings. The number of carbonyl (C=O) groups is 2. The fourth-order valence-corrected chi connectivity index (χ4v) is 5.52. The van der Waals surface area contributed by atoms with Crippen molar-refractivity contribution >= 4 is 34.7 Å². The molecule has 6 rings (SSSR count). The topological polar surface area (TPSA) is 100 Å². The number of hydrogen-bond acceptors (Lipinski definition) is 7. The molecule has 3 amide bonds. The zero-order chi connectivity index (χ0) is 31.4. The maximum atomic E-state index is 14.0. The Labute approximate surface area is 243 Å². The highest BCUT2D eigenvalue weighted by Gasteiger charge is 2.59. The first-order valence-electron chi connectivity index (χ1n) is 13.2. The number of benzene rings is 1. The molecule has 0 N–H and O–H groups in total. The molecule has 2 aliphatic heterocycles. The zero-order valence-electron chi connectivity index (χ0n) is 22.5. The predicted octanol–water partition coefficient (Wildman–Crippen LogP) is 4.79. The van der Waals surface area contributed by atoms with Crippen LogP contribution >= 0.6 is 0 Å². The van der Waals surface area contributed by atoms with Gasteiger partial charge in [-0.05, 0) is 42.7 Å². The number of alkyl halides is 5. The van der Waals surface area contributed by atoms with E-state index in [4.69, 9.17) is 0 Å². The number of nitrogens with zero attached hydrogens (tertiary/aromatic N) is 8. The van der Waals surface area contributed by atoms with E-state index in [1.165, 1.54) is 18.5 Å². The average Bonchev–Trinajstić information content (AvgIpc) is 3.46. The van der Waals surface area contributed by atoms with E-state index in [1.54, 1.807) is 4.90 Å². The molecule has 4 aromatic rings. The van der Waals surface area contributed by atoms with Gasteiger partial charge in [-0.2, -0.15) is 18.3 Å². The van der Waals surface area contributed by atoms with Crippen LogP contribution in [0.25, 0.3) is 11.2 Å². The lowest BCUT2D eigenvalue weighted by atomic mass is 9.85. The minimum absolute atomic E-state index is 0.0350. The van der Waals surface area contributed by atoms with Crippen LogP contribution in [0, 0.1) is 11.6 Å². The number of pyridine rings is 1. The summed E-state index contributed by atoms with van der Waals surface area (Å²) in [6.07, 6.45) is -3.98. The molecule has 0 saturated carbocycles. The fourth-order valence-electron chi connectivity index (χ4n) is 5.52. The molecule has 5 heterocycles. The third-order valence-corrected chi connectivity index (χ3v) is 7.72. The zero-order valence-corrected chi connectivity index (χ0v) is 22.5. The Morgan fingerprint density at radius 1 is 0.932 bits per heavy atom. The number of urea groups is 1. The van der Waals surface area contributed by atoms with Crippen molar-refractivity contribution in [3.05, 3.63) is 71.7 Å². The second-order valence-electron chi connectivity index (χ2n) is 10.3. The standard InChI is InChI=1S/C27H21F7N8O2/c28-17-2-1-15(9-18(17)29)13-40-25(44)42(21-10-16(3-6-35-21)27(32,33)34)24(43)26(40)4-7-39(8-5-26)22-12-36-19-11-37-41(14-20(30)31)23(19)38-22/h1-3,6,9-12,20H,4-5,7-8,13-14H2. The second kappa shape index (κ2) is 10.7. The van der Waals surface area contributed by atoms with Crippen molar-refractivity contribution in [3.63, 3.8) is 0 Å². The van der Waals surface area contributed by atoms with Gasteiger partial charge in [0.25, 0.3) is 12.3 Å². The van der Waals surface area contributed by atoms with Crippen LogP contribution < -0.4 is 9.80 Å². The molecule has 10 nitrogen and oxygen atoms in total. The van der Waals surface area contributed by atoms with Crippen LogP contribution in [0.1, 0.15) is 24.0 Å². The molecule has 1 aromatic carbocycles. The lowest BCUT2D eigenvalue weighted by Crippen LogP contribution is -2.56. The summed E-state index contributed by atoms with van der Waals surface area (Å²) >= 11 is 0. The molecule has 1 spiro atoms. The van der Waals surface area contributed by atoms with Gasteiger partial charge in [0.2, 0.25) is 0 Å². The molecule has 0 radical (unpaired) electrons. The van der Waals surface area contributed by atoms with E-state index in [9.17, 15) is 40.3 Å². The van der Waals surface area contributed by atoms with Crippen molar-refractivity contribution < 1.29 is 40.3 Å². The Morgan fingerprint density at radius 3 is 2.36 bits per heavy atom. The SMILES string of the molecule is O=C1N(c2cc(C(F)(F)F)ccn2)C(=O)C2(CCN(c3cnc4cnn(CC(F)F)c4n3)CC2)N1Cc1ccc(F)c(F)c1. The maximum Gasteiger partial charge on any atom is 0.416 e. The van der Waals surface area contributed by atoms with Crippen LogP contribution in [0.3, 0.4) is 0 Å². The molecule has 0 bridgehead atoms. The van der Waals surface area contributed by atoms with Gasteiger partial charge in [0.15, 0.2) is 17.3 Å². The lowest BCUT2D eigenvalue weighted by molar-refractivity contribution is -0.137. The number of hydrogen-bond donors (Lipinski definition) is 0. The minimum Gasteiger partial charge on any atom is -0.355 e. The highest BCUT2D eigenvalue weighted by Crippen LogP contribution is 2.42. The summed E-state index contributed by atoms with van der Waals surface area (Å²) in [5.74, 6) is -3.37. The van der Waals surface area contributed by atoms with Gasteiger partial charge in [-0.25, -0.2) is 46.9 Å². The molecular formula is C27H21F7N8O2. The molecule has 0 unspecified atom stereocenters. The van der Waals surface area contributed by atoms with E-state index in [-0.39, 0.29) is 43.7 Å². The molecule has 17 heteroatoms. The second-order valence-corrected chi connectivity index (χ2v) is 10.3. The Morgan fingerprint density at radius 2 is 1.68 bits per heavy atom. The lowest BCUT2D eigenvalue weighted by Gasteiger charge is -2.42. The number of carbonyl (C=O) groups excluding carboxylic acids is 2. The molecule has 2 saturated heterocycles. The molecule has 0 atom stereocenters. The Kier molecular flexibility index (Phi) is 7.12. The number of fused-ring (bicyclic) bond motifs is 1. The fraction of sp³-hybridized carbons (Fsp3) is 0.333. The summed E-state index contributed by atoms with van der Waals surface area (Å²) in [6.45, 7) is -0.851. The summed E-state index contributed by atoms with van der Waals surface area (Å²) in [4.78, 5) is 43.6. The highest BCUT2D eigenvalue weighted by molar-refractivity contribution is 6.23. The van der Waals surface area contributed by atoms with E-state index in [0.29, 0.717) is 28.4 Å². The quantitative estimate of drug-likeness (QED) is 0.225. The van der Waals surface area contributed by atoms with Gasteiger partial charge in [0, 0.05) is 25.8 Å². The van der Waals surface area contributed by atoms with Crippen molar-refractivity contribution in [3.8, 4) is 0 Å². The average molecular weight is 623 g/mol. The van der Waals surface area contributed by atoms with Gasteiger partial charge in [0.1, 0.15) is 29.2 Å². The van der Waals surface area contributed by atoms with Crippen molar-refractivity contribution in [1.29, 1.82) is 0 Å². The minimum atomic E-state index is -4.77. The van der Waals surface area contributed by atoms with Gasteiger partial charge in [0.05, 0.1) is 18.0 Å². The largest absolute Gasteiger partial charge is 0.416 e. The number of imide groups is 1. The van der Waals surface area contributed by atoms with Crippen molar-refractivity contribution in [1.82, 2.24) is 29.6 Å². The molecule has 230 valence electrons. The third kappa shape index (κ3) is 5.05. The van der Waals surface area contributed by atoms with Crippen LogP contribution in [0.15, 0.2) is 48.9 Å². The number of rotatable bonds is 6. The first-order valence-corrected chi connectivity index (χ1v) is 13.2. The van der Waals surface area contributed by atoms with Crippen LogP contribution in [0.4, 0.5) is 47.2 Å². The highest BCUT2D eigenvalue weighted by atomic mass is 19.4. The first kappa shape index (κ1) is 29.3. The number of anilines is 2. The Hall–Kier alpha value is -4.83. The molecular weight excluding hydrogens is 601 g/mol. The third-order valence-electron chi connectivity index (χ3n) is 7.72. The van der Waals surface area contributed by atoms with Crippen LogP contribution in [0.5, 0.6) is 0 Å². The van der Waals surface area contributed by atoms with Crippen LogP contribution in [-0.4, -0.2) is 66.6 Å². The normalized spacial score (nSPS) is 17.1. The van der Waals surface area contributed by atoms with Gasteiger partial charge in [-0.3, -0.25) is 4.79 Å². The monoisotopic (exact) mass is 622 g/mol. The number of amides is 3. The first-order chi connectivity index (χ1) is 20.9. The van der Waals surface area contributed by atoms with Crippen molar-refractivity contribution in [2.45, 2.75) is 44.1 Å². The molecule has 44 heavy (non-hydrogen) atoms. The van der Waals surface area contributed by atoms with E-state index in [0.717, 1.165) is 27.9 Å². The van der Waals surface area contributed by atoms with E-state index in [2.05, 4.69) is 20.1 Å². The molecule has 3 aromatic heterocycles. The smallest absolute Gasteiger partial charge is 0.355 e. The van der Waals surface area contributed by atoms with Crippen LogP contribution in [0.2, 0.25) is 0 Å². The summed E-state index contributed by atoms with van der Waals surface area (Å²) in [5.41, 5.74) is -2.14. The van der Waals surface area contributed by atoms with E-state index in [1.807, 2.05) is 0 Å². The Balaban J connectivity index is 1.33. The summed E-state index contributed by atoms with van der Waals surface area (Å²) < 4.78 is 95.0. The van der Waals surface area contributed by atoms with Crippen molar-refractivity contribution in [2.75, 3.05) is 22.9 Å². The Bertz CT molecular complexity index is 1750. The molecule has 0 aliphatic carbocycles. The van der Waals surface area contributed by atoms with E-state index >= 15 is 0 Å². The van der Waals surface area contributed by atoms with Gasteiger partial charge in [-0.1, -0.05) is 6.07 Å². The number of aromatic nitrogens is 5. The predicted molar refractivity (Wildman–Crippen MR) is 140 cm³/mol. The number of piperidine rings is 1. The molecule has 2 aliphatic rings. The number of halogens is 7. The summed E-state index contributed by atoms with van der Waals surface area (Å²) in [7, 11) is 0. The van der Waals surface area contributed by atoms with Gasteiger partial charge < -0.3 is 9.80 Å². The van der Waals surface area contributed by atoms with Crippen molar-refractivity contribution in [2.24, 2.45) is 0 Å².